The number of hydrogen-bond acceptors (Lipinski definition) is 4. The van der Waals surface area contributed by atoms with E-state index in [1.807, 2.05) is 0 Å². The van der Waals surface area contributed by atoms with Crippen molar-refractivity contribution in [2.24, 2.45) is 0 Å². The first-order chi connectivity index (χ1) is 10.1. The van der Waals surface area contributed by atoms with Gasteiger partial charge in [0.1, 0.15) is 6.54 Å². The average Bonchev–Trinajstić information content (AvgIpc) is 2.44. The van der Waals surface area contributed by atoms with E-state index in [9.17, 15) is 26.4 Å². The van der Waals surface area contributed by atoms with Gasteiger partial charge in [-0.3, -0.25) is 4.79 Å². The van der Waals surface area contributed by atoms with Crippen LogP contribution < -0.4 is 0 Å². The summed E-state index contributed by atoms with van der Waals surface area (Å²) in [6, 6.07) is 3.11. The molecule has 0 aromatic heterocycles. The summed E-state index contributed by atoms with van der Waals surface area (Å²) in [5.74, 6) is -0.722. The van der Waals surface area contributed by atoms with E-state index in [2.05, 4.69) is 4.74 Å². The van der Waals surface area contributed by atoms with Gasteiger partial charge in [-0.1, -0.05) is 6.92 Å². The van der Waals surface area contributed by atoms with Crippen molar-refractivity contribution in [2.75, 3.05) is 19.7 Å². The molecule has 1 rings (SSSR count). The van der Waals surface area contributed by atoms with Crippen LogP contribution in [0.25, 0.3) is 0 Å². The van der Waals surface area contributed by atoms with Crippen molar-refractivity contribution in [3.63, 3.8) is 0 Å². The molecule has 22 heavy (non-hydrogen) atoms. The molecule has 9 heteroatoms. The third kappa shape index (κ3) is 4.44. The number of carbonyl (C=O) groups excluding carboxylic acids is 1. The SMILES string of the molecule is CCOC(=O)CN(CC)S(=O)(=O)c1ccc(C(F)(F)F)cc1. The first-order valence-corrected chi connectivity index (χ1v) is 7.90. The van der Waals surface area contributed by atoms with Crippen LogP contribution in [0.5, 0.6) is 0 Å². The smallest absolute Gasteiger partial charge is 0.416 e. The molecule has 5 nitrogen and oxygen atoms in total. The highest BCUT2D eigenvalue weighted by atomic mass is 32.2. The monoisotopic (exact) mass is 339 g/mol. The third-order valence-electron chi connectivity index (χ3n) is 2.78. The fraction of sp³-hybridized carbons (Fsp3) is 0.462. The molecule has 0 atom stereocenters. The first-order valence-electron chi connectivity index (χ1n) is 6.46. The Labute approximate surface area is 126 Å². The van der Waals surface area contributed by atoms with Crippen LogP contribution in [0.3, 0.4) is 0 Å². The molecule has 124 valence electrons. The average molecular weight is 339 g/mol. The number of esters is 1. The van der Waals surface area contributed by atoms with Gasteiger partial charge in [-0.25, -0.2) is 8.42 Å². The molecule has 0 radical (unpaired) electrons. The van der Waals surface area contributed by atoms with Gasteiger partial charge in [0, 0.05) is 6.54 Å². The number of sulfonamides is 1. The summed E-state index contributed by atoms with van der Waals surface area (Å²) < 4.78 is 67.5. The summed E-state index contributed by atoms with van der Waals surface area (Å²) in [5, 5.41) is 0. The summed E-state index contributed by atoms with van der Waals surface area (Å²) in [5.41, 5.74) is -0.945. The predicted octanol–water partition coefficient (Wildman–Crippen LogP) is 2.28. The fourth-order valence-electron chi connectivity index (χ4n) is 1.68. The minimum atomic E-state index is -4.54. The number of nitrogens with zero attached hydrogens (tertiary/aromatic N) is 1. The lowest BCUT2D eigenvalue weighted by molar-refractivity contribution is -0.143. The molecule has 0 heterocycles. The summed E-state index contributed by atoms with van der Waals surface area (Å²) in [6.07, 6.45) is -4.54. The second-order valence-corrected chi connectivity index (χ2v) is 6.20. The third-order valence-corrected chi connectivity index (χ3v) is 4.72. The van der Waals surface area contributed by atoms with E-state index in [1.165, 1.54) is 6.92 Å². The number of halogens is 3. The Morgan fingerprint density at radius 2 is 1.73 bits per heavy atom. The maximum absolute atomic E-state index is 12.5. The molecule has 0 aliphatic carbocycles. The number of likely N-dealkylation sites (N-methyl/N-ethyl adjacent to an activating group) is 1. The molecule has 0 amide bonds. The van der Waals surface area contributed by atoms with Crippen LogP contribution in [0.2, 0.25) is 0 Å². The molecule has 0 aliphatic heterocycles. The fourth-order valence-corrected chi connectivity index (χ4v) is 3.08. The molecular weight excluding hydrogens is 323 g/mol. The minimum absolute atomic E-state index is 0.0117. The second kappa shape index (κ2) is 7.10. The van der Waals surface area contributed by atoms with E-state index in [0.29, 0.717) is 12.1 Å². The predicted molar refractivity (Wildman–Crippen MR) is 72.5 cm³/mol. The van der Waals surface area contributed by atoms with Crippen LogP contribution in [-0.4, -0.2) is 38.4 Å². The zero-order valence-electron chi connectivity index (χ0n) is 12.1. The Bertz CT molecular complexity index is 611. The van der Waals surface area contributed by atoms with Crippen LogP contribution in [0.15, 0.2) is 29.2 Å². The van der Waals surface area contributed by atoms with Crippen LogP contribution in [0.4, 0.5) is 13.2 Å². The van der Waals surface area contributed by atoms with Crippen molar-refractivity contribution < 1.29 is 31.1 Å². The highest BCUT2D eigenvalue weighted by Crippen LogP contribution is 2.30. The van der Waals surface area contributed by atoms with E-state index < -0.39 is 34.3 Å². The number of carbonyl (C=O) groups is 1. The van der Waals surface area contributed by atoms with E-state index in [0.717, 1.165) is 16.4 Å². The lowest BCUT2D eigenvalue weighted by Gasteiger charge is -2.19. The summed E-state index contributed by atoms with van der Waals surface area (Å²) in [7, 11) is -4.06. The largest absolute Gasteiger partial charge is 0.465 e. The lowest BCUT2D eigenvalue weighted by atomic mass is 10.2. The van der Waals surface area contributed by atoms with Crippen molar-refractivity contribution >= 4 is 16.0 Å². The van der Waals surface area contributed by atoms with Crippen molar-refractivity contribution in [1.29, 1.82) is 0 Å². The number of benzene rings is 1. The minimum Gasteiger partial charge on any atom is -0.465 e. The lowest BCUT2D eigenvalue weighted by Crippen LogP contribution is -2.36. The second-order valence-electron chi connectivity index (χ2n) is 4.26. The van der Waals surface area contributed by atoms with Crippen molar-refractivity contribution in [1.82, 2.24) is 4.31 Å². The van der Waals surface area contributed by atoms with Gasteiger partial charge in [-0.15, -0.1) is 0 Å². The number of alkyl halides is 3. The summed E-state index contributed by atoms with van der Waals surface area (Å²) >= 11 is 0. The maximum atomic E-state index is 12.5. The number of rotatable bonds is 6. The summed E-state index contributed by atoms with van der Waals surface area (Å²) in [4.78, 5) is 11.1. The van der Waals surface area contributed by atoms with Crippen molar-refractivity contribution in [3.05, 3.63) is 29.8 Å². The maximum Gasteiger partial charge on any atom is 0.416 e. The van der Waals surface area contributed by atoms with E-state index in [-0.39, 0.29) is 18.0 Å². The Morgan fingerprint density at radius 3 is 2.14 bits per heavy atom. The van der Waals surface area contributed by atoms with Gasteiger partial charge in [0.15, 0.2) is 0 Å². The van der Waals surface area contributed by atoms with Crippen LogP contribution in [0.1, 0.15) is 19.4 Å². The van der Waals surface area contributed by atoms with Gasteiger partial charge in [-0.2, -0.15) is 17.5 Å². The first kappa shape index (κ1) is 18.4. The van der Waals surface area contributed by atoms with Gasteiger partial charge in [0.05, 0.1) is 17.1 Å². The molecular formula is C13H16F3NO4S. The van der Waals surface area contributed by atoms with Gasteiger partial charge in [0.25, 0.3) is 0 Å². The Morgan fingerprint density at radius 1 is 1.18 bits per heavy atom. The molecule has 0 unspecified atom stereocenters. The van der Waals surface area contributed by atoms with Gasteiger partial charge >= 0.3 is 12.1 Å². The Hall–Kier alpha value is -1.61. The van der Waals surface area contributed by atoms with Crippen molar-refractivity contribution in [2.45, 2.75) is 24.9 Å². The molecule has 1 aromatic carbocycles. The molecule has 0 aliphatic rings. The zero-order chi connectivity index (χ0) is 17.0. The van der Waals surface area contributed by atoms with Gasteiger partial charge in [0.2, 0.25) is 10.0 Å². The molecule has 0 bridgehead atoms. The molecule has 1 aromatic rings. The normalized spacial score (nSPS) is 12.5. The van der Waals surface area contributed by atoms with E-state index >= 15 is 0 Å². The summed E-state index contributed by atoms with van der Waals surface area (Å²) in [6.45, 7) is 2.70. The van der Waals surface area contributed by atoms with Crippen molar-refractivity contribution in [3.8, 4) is 0 Å². The molecule has 0 spiro atoms. The quantitative estimate of drug-likeness (QED) is 0.746. The van der Waals surface area contributed by atoms with Gasteiger partial charge in [-0.05, 0) is 31.2 Å². The Kier molecular flexibility index (Phi) is 5.95. The Balaban J connectivity index is 3.03. The standard InChI is InChI=1S/C13H16F3NO4S/c1-3-17(9-12(18)21-4-2)22(19,20)11-7-5-10(6-8-11)13(14,15)16/h5-8H,3-4,9H2,1-2H3. The van der Waals surface area contributed by atoms with Crippen LogP contribution in [-0.2, 0) is 25.7 Å². The van der Waals surface area contributed by atoms with E-state index in [1.54, 1.807) is 6.92 Å². The highest BCUT2D eigenvalue weighted by molar-refractivity contribution is 7.89. The highest BCUT2D eigenvalue weighted by Gasteiger charge is 2.31. The van der Waals surface area contributed by atoms with E-state index in [4.69, 9.17) is 0 Å². The number of ether oxygens (including phenoxy) is 1. The van der Waals surface area contributed by atoms with Crippen LogP contribution >= 0.6 is 0 Å². The molecule has 0 saturated heterocycles. The molecule has 0 saturated carbocycles. The molecule has 0 fully saturated rings. The molecule has 0 N–H and O–H groups in total. The number of hydrogen-bond donors (Lipinski definition) is 0. The topological polar surface area (TPSA) is 63.7 Å². The van der Waals surface area contributed by atoms with Crippen LogP contribution in [0, 0.1) is 0 Å². The van der Waals surface area contributed by atoms with Gasteiger partial charge < -0.3 is 4.74 Å². The zero-order valence-corrected chi connectivity index (χ0v) is 12.9.